The number of hydrogen-bond donors (Lipinski definition) is 0. The zero-order valence-corrected chi connectivity index (χ0v) is 12.5. The minimum Gasteiger partial charge on any atom is -0.303 e. The fraction of sp³-hybridized carbons (Fsp3) is 0.588. The molecule has 3 nitrogen and oxygen atoms in total. The lowest BCUT2D eigenvalue weighted by Crippen LogP contribution is -2.53. The van der Waals surface area contributed by atoms with Crippen molar-refractivity contribution in [3.63, 3.8) is 0 Å². The highest BCUT2D eigenvalue weighted by Gasteiger charge is 2.32. The summed E-state index contributed by atoms with van der Waals surface area (Å²) < 4.78 is 0. The van der Waals surface area contributed by atoms with E-state index in [9.17, 15) is 4.79 Å². The van der Waals surface area contributed by atoms with Crippen LogP contribution >= 0.6 is 0 Å². The van der Waals surface area contributed by atoms with Crippen molar-refractivity contribution >= 4 is 5.78 Å². The molecule has 1 heterocycles. The van der Waals surface area contributed by atoms with Crippen molar-refractivity contribution < 1.29 is 4.79 Å². The fourth-order valence-corrected chi connectivity index (χ4v) is 3.27. The van der Waals surface area contributed by atoms with E-state index in [1.54, 1.807) is 0 Å². The van der Waals surface area contributed by atoms with E-state index < -0.39 is 0 Å². The summed E-state index contributed by atoms with van der Waals surface area (Å²) in [7, 11) is 4.17. The number of carbonyl (C=O) groups is 1. The number of rotatable bonds is 3. The van der Waals surface area contributed by atoms with Crippen molar-refractivity contribution in [3.05, 3.63) is 35.4 Å². The van der Waals surface area contributed by atoms with E-state index in [-0.39, 0.29) is 6.04 Å². The molecule has 3 rings (SSSR count). The van der Waals surface area contributed by atoms with Gasteiger partial charge in [-0.15, -0.1) is 0 Å². The standard InChI is InChI=1S/C17H24N2O/c1-18-10-11-19(2)16(12-18)17(20)15-9-4-3-8-14(15)13-6-5-7-13/h3-4,8-9,13,16H,5-7,10-12H2,1-2H3. The highest BCUT2D eigenvalue weighted by molar-refractivity contribution is 6.01. The summed E-state index contributed by atoms with van der Waals surface area (Å²) in [6.07, 6.45) is 3.79. The van der Waals surface area contributed by atoms with Crippen molar-refractivity contribution in [3.8, 4) is 0 Å². The zero-order valence-electron chi connectivity index (χ0n) is 12.5. The first kappa shape index (κ1) is 13.8. The van der Waals surface area contributed by atoms with Crippen LogP contribution in [-0.2, 0) is 0 Å². The molecule has 1 saturated heterocycles. The fourth-order valence-electron chi connectivity index (χ4n) is 3.27. The highest BCUT2D eigenvalue weighted by atomic mass is 16.1. The summed E-state index contributed by atoms with van der Waals surface area (Å²) in [5.74, 6) is 0.920. The summed E-state index contributed by atoms with van der Waals surface area (Å²) >= 11 is 0. The second-order valence-corrected chi connectivity index (χ2v) is 6.34. The van der Waals surface area contributed by atoms with Crippen LogP contribution in [-0.4, -0.2) is 55.4 Å². The molecule has 1 aliphatic carbocycles. The molecule has 108 valence electrons. The van der Waals surface area contributed by atoms with Gasteiger partial charge in [-0.3, -0.25) is 9.69 Å². The van der Waals surface area contributed by atoms with Gasteiger partial charge in [-0.25, -0.2) is 0 Å². The second kappa shape index (κ2) is 5.66. The topological polar surface area (TPSA) is 23.6 Å². The lowest BCUT2D eigenvalue weighted by atomic mass is 9.77. The largest absolute Gasteiger partial charge is 0.303 e. The van der Waals surface area contributed by atoms with Gasteiger partial charge < -0.3 is 4.90 Å². The average Bonchev–Trinajstić information content (AvgIpc) is 2.39. The van der Waals surface area contributed by atoms with Crippen molar-refractivity contribution in [2.24, 2.45) is 0 Å². The van der Waals surface area contributed by atoms with Crippen LogP contribution in [0.5, 0.6) is 0 Å². The van der Waals surface area contributed by atoms with Crippen molar-refractivity contribution in [2.75, 3.05) is 33.7 Å². The predicted octanol–water partition coefficient (Wildman–Crippen LogP) is 2.38. The molecule has 3 heteroatoms. The molecule has 1 saturated carbocycles. The molecular formula is C17H24N2O. The number of hydrogen-bond acceptors (Lipinski definition) is 3. The van der Waals surface area contributed by atoms with Crippen LogP contribution in [0.4, 0.5) is 0 Å². The van der Waals surface area contributed by atoms with E-state index in [1.807, 2.05) is 12.1 Å². The number of likely N-dealkylation sites (N-methyl/N-ethyl adjacent to an activating group) is 2. The molecule has 1 unspecified atom stereocenters. The van der Waals surface area contributed by atoms with Gasteiger partial charge >= 0.3 is 0 Å². The summed E-state index contributed by atoms with van der Waals surface area (Å²) in [5.41, 5.74) is 2.25. The molecule has 20 heavy (non-hydrogen) atoms. The average molecular weight is 272 g/mol. The summed E-state index contributed by atoms with van der Waals surface area (Å²) in [6.45, 7) is 2.86. The van der Waals surface area contributed by atoms with Gasteiger partial charge in [0.15, 0.2) is 5.78 Å². The molecule has 0 amide bonds. The molecule has 0 N–H and O–H groups in total. The Morgan fingerprint density at radius 2 is 1.90 bits per heavy atom. The normalized spacial score (nSPS) is 25.4. The number of ketones is 1. The molecule has 2 fully saturated rings. The molecule has 0 radical (unpaired) electrons. The second-order valence-electron chi connectivity index (χ2n) is 6.34. The lowest BCUT2D eigenvalue weighted by Gasteiger charge is -2.37. The summed E-state index contributed by atoms with van der Waals surface area (Å²) in [6, 6.07) is 8.26. The Kier molecular flexibility index (Phi) is 3.90. The molecule has 2 aliphatic rings. The van der Waals surface area contributed by atoms with Crippen LogP contribution in [0.1, 0.15) is 41.1 Å². The predicted molar refractivity (Wildman–Crippen MR) is 81.3 cm³/mol. The van der Waals surface area contributed by atoms with Gasteiger partial charge in [0.25, 0.3) is 0 Å². The van der Waals surface area contributed by atoms with E-state index in [0.29, 0.717) is 11.7 Å². The Labute approximate surface area is 121 Å². The minimum absolute atomic E-state index is 0.00924. The van der Waals surface area contributed by atoms with Crippen LogP contribution in [0.3, 0.4) is 0 Å². The third kappa shape index (κ3) is 2.52. The van der Waals surface area contributed by atoms with Gasteiger partial charge in [0.1, 0.15) is 0 Å². The van der Waals surface area contributed by atoms with Crippen molar-refractivity contribution in [1.29, 1.82) is 0 Å². The first-order chi connectivity index (χ1) is 9.66. The van der Waals surface area contributed by atoms with Gasteiger partial charge in [0, 0.05) is 25.2 Å². The quantitative estimate of drug-likeness (QED) is 0.789. The lowest BCUT2D eigenvalue weighted by molar-refractivity contribution is 0.0684. The van der Waals surface area contributed by atoms with Crippen molar-refractivity contribution in [1.82, 2.24) is 9.80 Å². The molecule has 0 aromatic heterocycles. The van der Waals surface area contributed by atoms with Crippen LogP contribution in [0, 0.1) is 0 Å². The van der Waals surface area contributed by atoms with Gasteiger partial charge in [-0.2, -0.15) is 0 Å². The maximum absolute atomic E-state index is 13.0. The third-order valence-electron chi connectivity index (χ3n) is 4.92. The number of benzene rings is 1. The van der Waals surface area contributed by atoms with Crippen LogP contribution in [0.2, 0.25) is 0 Å². The SMILES string of the molecule is CN1CCN(C)C(C(=O)c2ccccc2C2CCC2)C1. The first-order valence-corrected chi connectivity index (χ1v) is 7.68. The van der Waals surface area contributed by atoms with Crippen LogP contribution < -0.4 is 0 Å². The summed E-state index contributed by atoms with van der Waals surface area (Å²) in [5, 5.41) is 0. The minimum atomic E-state index is 0.00924. The van der Waals surface area contributed by atoms with E-state index in [1.165, 1.54) is 24.8 Å². The third-order valence-corrected chi connectivity index (χ3v) is 4.92. The number of nitrogens with zero attached hydrogens (tertiary/aromatic N) is 2. The van der Waals surface area contributed by atoms with Gasteiger partial charge in [0.2, 0.25) is 0 Å². The Hall–Kier alpha value is -1.19. The molecule has 0 spiro atoms. The number of Topliss-reactive ketones (excluding diaryl/α,β-unsaturated/α-hetero) is 1. The maximum Gasteiger partial charge on any atom is 0.181 e. The van der Waals surface area contributed by atoms with E-state index >= 15 is 0 Å². The summed E-state index contributed by atoms with van der Waals surface area (Å²) in [4.78, 5) is 17.4. The van der Waals surface area contributed by atoms with Crippen LogP contribution in [0.15, 0.2) is 24.3 Å². The molecule has 1 aromatic rings. The van der Waals surface area contributed by atoms with Crippen LogP contribution in [0.25, 0.3) is 0 Å². The monoisotopic (exact) mass is 272 g/mol. The van der Waals surface area contributed by atoms with Gasteiger partial charge in [-0.05, 0) is 38.4 Å². The number of carbonyl (C=O) groups excluding carboxylic acids is 1. The van der Waals surface area contributed by atoms with Crippen molar-refractivity contribution in [2.45, 2.75) is 31.2 Å². The number of piperazine rings is 1. The molecular weight excluding hydrogens is 248 g/mol. The zero-order chi connectivity index (χ0) is 14.1. The van der Waals surface area contributed by atoms with E-state index in [0.717, 1.165) is 25.2 Å². The Morgan fingerprint density at radius 3 is 2.60 bits per heavy atom. The molecule has 1 aromatic carbocycles. The Morgan fingerprint density at radius 1 is 1.15 bits per heavy atom. The highest BCUT2D eigenvalue weighted by Crippen LogP contribution is 2.38. The smallest absolute Gasteiger partial charge is 0.181 e. The first-order valence-electron chi connectivity index (χ1n) is 7.68. The molecule has 0 bridgehead atoms. The van der Waals surface area contributed by atoms with Gasteiger partial charge in [-0.1, -0.05) is 30.7 Å². The van der Waals surface area contributed by atoms with E-state index in [2.05, 4.69) is 36.0 Å². The molecule has 1 aliphatic heterocycles. The van der Waals surface area contributed by atoms with E-state index in [4.69, 9.17) is 0 Å². The van der Waals surface area contributed by atoms with Gasteiger partial charge in [0.05, 0.1) is 6.04 Å². The molecule has 1 atom stereocenters. The Balaban J connectivity index is 1.86. The Bertz CT molecular complexity index is 496. The maximum atomic E-state index is 13.0.